The van der Waals surface area contributed by atoms with E-state index in [1.54, 1.807) is 12.1 Å². The molecule has 9 heteroatoms. The molecular weight excluding hydrogens is 343 g/mol. The summed E-state index contributed by atoms with van der Waals surface area (Å²) in [6.07, 6.45) is -0.635. The summed E-state index contributed by atoms with van der Waals surface area (Å²) in [4.78, 5) is 47.7. The third-order valence-corrected chi connectivity index (χ3v) is 4.17. The number of halogens is 1. The summed E-state index contributed by atoms with van der Waals surface area (Å²) in [5.74, 6) is -1.17. The Morgan fingerprint density at radius 2 is 1.65 bits per heavy atom. The number of carbonyl (C=O) groups is 2. The number of amides is 2. The molecule has 2 heterocycles. The van der Waals surface area contributed by atoms with Crippen molar-refractivity contribution in [1.29, 1.82) is 0 Å². The second-order valence-electron chi connectivity index (χ2n) is 4.95. The third-order valence-electron chi connectivity index (χ3n) is 3.22. The summed E-state index contributed by atoms with van der Waals surface area (Å²) >= 11 is 5.92. The molecule has 118 valence electrons. The van der Waals surface area contributed by atoms with Gasteiger partial charge in [-0.3, -0.25) is 14.2 Å². The topological polar surface area (TPSA) is 108 Å². The number of imide groups is 1. The van der Waals surface area contributed by atoms with E-state index in [4.69, 9.17) is 21.4 Å². The maximum absolute atomic E-state index is 12.4. The van der Waals surface area contributed by atoms with E-state index in [9.17, 15) is 14.2 Å². The molecule has 1 aromatic heterocycles. The Balaban J connectivity index is 2.05. The van der Waals surface area contributed by atoms with E-state index in [-0.39, 0.29) is 27.7 Å². The van der Waals surface area contributed by atoms with E-state index in [0.29, 0.717) is 0 Å². The number of hydrogen-bond donors (Lipinski definition) is 2. The van der Waals surface area contributed by atoms with Gasteiger partial charge in [0.05, 0.1) is 23.0 Å². The molecule has 0 fully saturated rings. The van der Waals surface area contributed by atoms with Crippen LogP contribution in [0.1, 0.15) is 26.4 Å². The van der Waals surface area contributed by atoms with Crippen LogP contribution in [0.15, 0.2) is 36.4 Å². The van der Waals surface area contributed by atoms with Gasteiger partial charge in [0.1, 0.15) is 5.82 Å². The monoisotopic (exact) mass is 352 g/mol. The number of benzene rings is 1. The van der Waals surface area contributed by atoms with E-state index in [1.807, 2.05) is 0 Å². The number of aromatic nitrogens is 1. The summed E-state index contributed by atoms with van der Waals surface area (Å²) in [6, 6.07) is 8.90. The Hall–Kier alpha value is -2.05. The maximum atomic E-state index is 12.4. The van der Waals surface area contributed by atoms with Crippen LogP contribution in [0.3, 0.4) is 0 Å². The molecule has 3 rings (SSSR count). The van der Waals surface area contributed by atoms with Crippen molar-refractivity contribution in [2.24, 2.45) is 0 Å². The first-order valence-electron chi connectivity index (χ1n) is 6.45. The average Bonchev–Trinajstić information content (AvgIpc) is 2.69. The highest BCUT2D eigenvalue weighted by Crippen LogP contribution is 2.39. The zero-order chi connectivity index (χ0) is 16.8. The molecule has 0 unspecified atom stereocenters. The number of pyridine rings is 1. The number of nitrogens with zero attached hydrogens (tertiary/aromatic N) is 2. The maximum Gasteiger partial charge on any atom is 0.331 e. The van der Waals surface area contributed by atoms with Crippen LogP contribution in [-0.4, -0.2) is 26.6 Å². The van der Waals surface area contributed by atoms with Crippen LogP contribution in [0, 0.1) is 0 Å². The van der Waals surface area contributed by atoms with Gasteiger partial charge in [0, 0.05) is 11.1 Å². The van der Waals surface area contributed by atoms with Crippen molar-refractivity contribution in [3.05, 3.63) is 58.2 Å². The number of anilines is 1. The summed E-state index contributed by atoms with van der Waals surface area (Å²) in [6.45, 7) is 0. The molecule has 0 saturated heterocycles. The van der Waals surface area contributed by atoms with E-state index < -0.39 is 25.6 Å². The van der Waals surface area contributed by atoms with Gasteiger partial charge >= 0.3 is 7.60 Å². The minimum Gasteiger partial charge on any atom is -0.324 e. The van der Waals surface area contributed by atoms with Gasteiger partial charge in [-0.2, -0.15) is 0 Å². The minimum absolute atomic E-state index is 0.00242. The lowest BCUT2D eigenvalue weighted by atomic mass is 10.1. The number of rotatable bonds is 3. The Labute approximate surface area is 135 Å². The summed E-state index contributed by atoms with van der Waals surface area (Å²) < 4.78 is 11.1. The fourth-order valence-corrected chi connectivity index (χ4v) is 3.15. The van der Waals surface area contributed by atoms with E-state index >= 15 is 0 Å². The van der Waals surface area contributed by atoms with Crippen molar-refractivity contribution >= 4 is 36.8 Å². The van der Waals surface area contributed by atoms with Gasteiger partial charge in [0.2, 0.25) is 0 Å². The first-order valence-corrected chi connectivity index (χ1v) is 8.63. The standard InChI is InChI=1S/C14H10ClN2O5P/c15-8-5-9(7-23(20,21)22)16-12(6-8)17-13(18)10-3-1-2-4-11(10)14(17)19/h1-6H,7H2,(H2,20,21,22). The van der Waals surface area contributed by atoms with Crippen LogP contribution in [0.25, 0.3) is 0 Å². The van der Waals surface area contributed by atoms with Crippen LogP contribution in [0.4, 0.5) is 5.82 Å². The Morgan fingerprint density at radius 3 is 2.17 bits per heavy atom. The van der Waals surface area contributed by atoms with Crippen molar-refractivity contribution in [1.82, 2.24) is 4.98 Å². The average molecular weight is 353 g/mol. The van der Waals surface area contributed by atoms with E-state index in [0.717, 1.165) is 4.90 Å². The van der Waals surface area contributed by atoms with Crippen molar-refractivity contribution in [3.8, 4) is 0 Å². The van der Waals surface area contributed by atoms with Crippen LogP contribution >= 0.6 is 19.2 Å². The highest BCUT2D eigenvalue weighted by atomic mass is 35.5. The highest BCUT2D eigenvalue weighted by molar-refractivity contribution is 7.50. The zero-order valence-electron chi connectivity index (χ0n) is 11.5. The minimum atomic E-state index is -4.36. The van der Waals surface area contributed by atoms with Gasteiger partial charge in [-0.25, -0.2) is 9.88 Å². The van der Waals surface area contributed by atoms with Gasteiger partial charge in [-0.1, -0.05) is 23.7 Å². The van der Waals surface area contributed by atoms with Crippen molar-refractivity contribution < 1.29 is 23.9 Å². The highest BCUT2D eigenvalue weighted by Gasteiger charge is 2.37. The lowest BCUT2D eigenvalue weighted by Gasteiger charge is -2.14. The molecule has 7 nitrogen and oxygen atoms in total. The summed E-state index contributed by atoms with van der Waals surface area (Å²) in [5.41, 5.74) is 0.490. The Morgan fingerprint density at radius 1 is 1.09 bits per heavy atom. The van der Waals surface area contributed by atoms with Crippen molar-refractivity contribution in [2.75, 3.05) is 4.90 Å². The molecule has 0 aliphatic carbocycles. The SMILES string of the molecule is O=C1c2ccccc2C(=O)N1c1cc(Cl)cc(CP(=O)(O)O)n1. The van der Waals surface area contributed by atoms with Crippen LogP contribution in [0.5, 0.6) is 0 Å². The molecular formula is C14H10ClN2O5P. The lowest BCUT2D eigenvalue weighted by molar-refractivity contribution is 0.0925. The largest absolute Gasteiger partial charge is 0.331 e. The van der Waals surface area contributed by atoms with Crippen LogP contribution in [0.2, 0.25) is 5.02 Å². The predicted molar refractivity (Wildman–Crippen MR) is 82.6 cm³/mol. The lowest BCUT2D eigenvalue weighted by Crippen LogP contribution is -2.30. The third kappa shape index (κ3) is 3.04. The van der Waals surface area contributed by atoms with Gasteiger partial charge in [-0.05, 0) is 18.2 Å². The Bertz CT molecular complexity index is 844. The molecule has 0 radical (unpaired) electrons. The van der Waals surface area contributed by atoms with Crippen molar-refractivity contribution in [2.45, 2.75) is 6.16 Å². The summed E-state index contributed by atoms with van der Waals surface area (Å²) in [7, 11) is -4.36. The first kappa shape index (κ1) is 15.8. The molecule has 1 aliphatic heterocycles. The molecule has 2 N–H and O–H groups in total. The van der Waals surface area contributed by atoms with Crippen LogP contribution < -0.4 is 4.90 Å². The number of fused-ring (bicyclic) bond motifs is 1. The van der Waals surface area contributed by atoms with Gasteiger partial charge in [0.25, 0.3) is 11.8 Å². The first-order chi connectivity index (χ1) is 10.8. The molecule has 0 spiro atoms. The number of carbonyl (C=O) groups excluding carboxylic acids is 2. The van der Waals surface area contributed by atoms with E-state index in [2.05, 4.69) is 4.98 Å². The molecule has 0 saturated carbocycles. The normalized spacial score (nSPS) is 14.3. The molecule has 1 aliphatic rings. The number of hydrogen-bond acceptors (Lipinski definition) is 4. The second kappa shape index (κ2) is 5.54. The molecule has 2 aromatic rings. The molecule has 23 heavy (non-hydrogen) atoms. The predicted octanol–water partition coefficient (Wildman–Crippen LogP) is 2.21. The van der Waals surface area contributed by atoms with Gasteiger partial charge in [0.15, 0.2) is 0 Å². The van der Waals surface area contributed by atoms with Gasteiger partial charge in [-0.15, -0.1) is 0 Å². The van der Waals surface area contributed by atoms with Crippen LogP contribution in [-0.2, 0) is 10.7 Å². The fraction of sp³-hybridized carbons (Fsp3) is 0.0714. The van der Waals surface area contributed by atoms with E-state index in [1.165, 1.54) is 24.3 Å². The van der Waals surface area contributed by atoms with Gasteiger partial charge < -0.3 is 9.79 Å². The second-order valence-corrected chi connectivity index (χ2v) is 7.03. The zero-order valence-corrected chi connectivity index (χ0v) is 13.2. The fourth-order valence-electron chi connectivity index (χ4n) is 2.34. The molecule has 0 atom stereocenters. The molecule has 2 amide bonds. The smallest absolute Gasteiger partial charge is 0.324 e. The quantitative estimate of drug-likeness (QED) is 0.647. The Kier molecular flexibility index (Phi) is 3.82. The van der Waals surface area contributed by atoms with Crippen molar-refractivity contribution in [3.63, 3.8) is 0 Å². The molecule has 1 aromatic carbocycles. The molecule has 0 bridgehead atoms. The summed E-state index contributed by atoms with van der Waals surface area (Å²) in [5, 5.41) is 0.120.